The van der Waals surface area contributed by atoms with Gasteiger partial charge in [-0.3, -0.25) is 4.79 Å². The van der Waals surface area contributed by atoms with E-state index in [-0.39, 0.29) is 18.0 Å². The number of fused-ring (bicyclic) bond motifs is 1. The van der Waals surface area contributed by atoms with E-state index in [4.69, 9.17) is 5.73 Å². The Morgan fingerprint density at radius 3 is 2.88 bits per heavy atom. The molecule has 1 amide bonds. The first-order valence-electron chi connectivity index (χ1n) is 6.37. The molecular formula is C14H18N2O. The number of carbonyl (C=O) groups is 1. The van der Waals surface area contributed by atoms with Gasteiger partial charge in [-0.2, -0.15) is 0 Å². The summed E-state index contributed by atoms with van der Waals surface area (Å²) in [7, 11) is 0. The van der Waals surface area contributed by atoms with Gasteiger partial charge < -0.3 is 11.1 Å². The van der Waals surface area contributed by atoms with Crippen molar-refractivity contribution in [3.8, 4) is 0 Å². The van der Waals surface area contributed by atoms with Gasteiger partial charge in [0.2, 0.25) is 5.91 Å². The van der Waals surface area contributed by atoms with Crippen LogP contribution in [0.25, 0.3) is 0 Å². The maximum absolute atomic E-state index is 11.8. The van der Waals surface area contributed by atoms with Gasteiger partial charge in [0.25, 0.3) is 0 Å². The van der Waals surface area contributed by atoms with Gasteiger partial charge in [0.1, 0.15) is 0 Å². The molecule has 1 aromatic carbocycles. The minimum atomic E-state index is 0.0115. The normalized spacial score (nSPS) is 26.6. The van der Waals surface area contributed by atoms with Crippen LogP contribution in [0.15, 0.2) is 24.3 Å². The maximum atomic E-state index is 11.8. The van der Waals surface area contributed by atoms with Crippen LogP contribution in [0.5, 0.6) is 0 Å². The molecule has 2 unspecified atom stereocenters. The van der Waals surface area contributed by atoms with Crippen LogP contribution in [-0.2, 0) is 11.2 Å². The molecule has 0 aromatic heterocycles. The standard InChI is InChI=1S/C14H18N2O/c15-12-8-10-3-1-2-4-11(10)14(12)16-13(17)7-9-5-6-9/h1-4,9,12,14H,5-8,15H2,(H,16,17). The predicted octanol–water partition coefficient (Wildman–Crippen LogP) is 1.53. The Bertz CT molecular complexity index is 440. The van der Waals surface area contributed by atoms with E-state index >= 15 is 0 Å². The summed E-state index contributed by atoms with van der Waals surface area (Å²) in [6.45, 7) is 0. The highest BCUT2D eigenvalue weighted by molar-refractivity contribution is 5.77. The average molecular weight is 230 g/mol. The van der Waals surface area contributed by atoms with Crippen molar-refractivity contribution in [3.63, 3.8) is 0 Å². The number of rotatable bonds is 3. The zero-order chi connectivity index (χ0) is 11.8. The second-order valence-electron chi connectivity index (χ2n) is 5.26. The molecule has 3 N–H and O–H groups in total. The summed E-state index contributed by atoms with van der Waals surface area (Å²) in [6.07, 6.45) is 3.96. The molecule has 0 bridgehead atoms. The fraction of sp³-hybridized carbons (Fsp3) is 0.500. The van der Waals surface area contributed by atoms with E-state index < -0.39 is 0 Å². The van der Waals surface area contributed by atoms with Crippen LogP contribution in [0.4, 0.5) is 0 Å². The molecule has 0 spiro atoms. The van der Waals surface area contributed by atoms with Crippen molar-refractivity contribution >= 4 is 5.91 Å². The molecule has 0 aliphatic heterocycles. The number of nitrogens with one attached hydrogen (secondary N) is 1. The molecule has 0 heterocycles. The molecule has 1 aromatic rings. The third-order valence-corrected chi connectivity index (χ3v) is 3.76. The largest absolute Gasteiger partial charge is 0.348 e. The van der Waals surface area contributed by atoms with E-state index in [9.17, 15) is 4.79 Å². The fourth-order valence-corrected chi connectivity index (χ4v) is 2.63. The Morgan fingerprint density at radius 2 is 2.12 bits per heavy atom. The summed E-state index contributed by atoms with van der Waals surface area (Å²) >= 11 is 0. The molecule has 2 aliphatic rings. The first-order valence-corrected chi connectivity index (χ1v) is 6.37. The highest BCUT2D eigenvalue weighted by Crippen LogP contribution is 2.34. The monoisotopic (exact) mass is 230 g/mol. The van der Waals surface area contributed by atoms with Gasteiger partial charge >= 0.3 is 0 Å². The summed E-state index contributed by atoms with van der Waals surface area (Å²) in [5.74, 6) is 0.785. The van der Waals surface area contributed by atoms with Gasteiger partial charge in [0, 0.05) is 12.5 Å². The number of hydrogen-bond donors (Lipinski definition) is 2. The SMILES string of the molecule is NC1Cc2ccccc2C1NC(=O)CC1CC1. The van der Waals surface area contributed by atoms with Gasteiger partial charge in [0.15, 0.2) is 0 Å². The Labute approximate surface area is 101 Å². The average Bonchev–Trinajstić information content (AvgIpc) is 3.05. The molecule has 3 nitrogen and oxygen atoms in total. The number of carbonyl (C=O) groups excluding carboxylic acids is 1. The van der Waals surface area contributed by atoms with Crippen LogP contribution in [0.1, 0.15) is 36.4 Å². The van der Waals surface area contributed by atoms with Crippen molar-refractivity contribution in [2.24, 2.45) is 11.7 Å². The molecule has 0 saturated heterocycles. The van der Waals surface area contributed by atoms with Gasteiger partial charge in [-0.25, -0.2) is 0 Å². The number of benzene rings is 1. The Kier molecular flexibility index (Phi) is 2.63. The smallest absolute Gasteiger partial charge is 0.220 e. The van der Waals surface area contributed by atoms with Crippen molar-refractivity contribution in [3.05, 3.63) is 35.4 Å². The molecule has 17 heavy (non-hydrogen) atoms. The van der Waals surface area contributed by atoms with Crippen LogP contribution in [0, 0.1) is 5.92 Å². The van der Waals surface area contributed by atoms with Crippen molar-refractivity contribution in [2.45, 2.75) is 37.8 Å². The second kappa shape index (κ2) is 4.15. The topological polar surface area (TPSA) is 55.1 Å². The van der Waals surface area contributed by atoms with Gasteiger partial charge in [-0.05, 0) is 36.3 Å². The summed E-state index contributed by atoms with van der Waals surface area (Å²) in [5, 5.41) is 3.09. The minimum Gasteiger partial charge on any atom is -0.348 e. The molecule has 1 fully saturated rings. The Balaban J connectivity index is 1.71. The molecule has 1 saturated carbocycles. The summed E-state index contributed by atoms with van der Waals surface area (Å²) in [5.41, 5.74) is 8.58. The van der Waals surface area contributed by atoms with Crippen LogP contribution >= 0.6 is 0 Å². The Hall–Kier alpha value is -1.35. The third kappa shape index (κ3) is 2.20. The summed E-state index contributed by atoms with van der Waals surface area (Å²) < 4.78 is 0. The van der Waals surface area contributed by atoms with Gasteiger partial charge in [-0.15, -0.1) is 0 Å². The summed E-state index contributed by atoms with van der Waals surface area (Å²) in [6, 6.07) is 8.25. The van der Waals surface area contributed by atoms with Gasteiger partial charge in [0.05, 0.1) is 6.04 Å². The van der Waals surface area contributed by atoms with Crippen molar-refractivity contribution in [1.82, 2.24) is 5.32 Å². The van der Waals surface area contributed by atoms with Crippen molar-refractivity contribution in [1.29, 1.82) is 0 Å². The van der Waals surface area contributed by atoms with Crippen LogP contribution in [-0.4, -0.2) is 11.9 Å². The van der Waals surface area contributed by atoms with E-state index in [1.54, 1.807) is 0 Å². The molecule has 2 aliphatic carbocycles. The van der Waals surface area contributed by atoms with E-state index in [0.29, 0.717) is 12.3 Å². The lowest BCUT2D eigenvalue weighted by molar-refractivity contribution is -0.122. The number of amides is 1. The molecule has 3 rings (SSSR count). The van der Waals surface area contributed by atoms with E-state index in [1.807, 2.05) is 12.1 Å². The van der Waals surface area contributed by atoms with Crippen molar-refractivity contribution < 1.29 is 4.79 Å². The molecular weight excluding hydrogens is 212 g/mol. The molecule has 2 atom stereocenters. The molecule has 3 heteroatoms. The quantitative estimate of drug-likeness (QED) is 0.827. The summed E-state index contributed by atoms with van der Waals surface area (Å²) in [4.78, 5) is 11.8. The lowest BCUT2D eigenvalue weighted by Crippen LogP contribution is -2.38. The highest BCUT2D eigenvalue weighted by atomic mass is 16.1. The first kappa shape index (κ1) is 10.8. The zero-order valence-electron chi connectivity index (χ0n) is 9.86. The third-order valence-electron chi connectivity index (χ3n) is 3.76. The predicted molar refractivity (Wildman–Crippen MR) is 66.3 cm³/mol. The molecule has 90 valence electrons. The van der Waals surface area contributed by atoms with Crippen LogP contribution in [0.2, 0.25) is 0 Å². The van der Waals surface area contributed by atoms with Gasteiger partial charge in [-0.1, -0.05) is 24.3 Å². The highest BCUT2D eigenvalue weighted by Gasteiger charge is 2.32. The lowest BCUT2D eigenvalue weighted by atomic mass is 10.1. The van der Waals surface area contributed by atoms with E-state index in [2.05, 4.69) is 17.4 Å². The van der Waals surface area contributed by atoms with E-state index in [0.717, 1.165) is 6.42 Å². The molecule has 0 radical (unpaired) electrons. The van der Waals surface area contributed by atoms with Crippen molar-refractivity contribution in [2.75, 3.05) is 0 Å². The number of nitrogens with two attached hydrogens (primary N) is 1. The first-order chi connectivity index (χ1) is 8.24. The minimum absolute atomic E-state index is 0.0115. The Morgan fingerprint density at radius 1 is 1.35 bits per heavy atom. The fourth-order valence-electron chi connectivity index (χ4n) is 2.63. The zero-order valence-corrected chi connectivity index (χ0v) is 9.86. The van der Waals surface area contributed by atoms with Crippen LogP contribution < -0.4 is 11.1 Å². The maximum Gasteiger partial charge on any atom is 0.220 e. The second-order valence-corrected chi connectivity index (χ2v) is 5.26. The lowest BCUT2D eigenvalue weighted by Gasteiger charge is -2.18. The number of hydrogen-bond acceptors (Lipinski definition) is 2. The van der Waals surface area contributed by atoms with Crippen LogP contribution in [0.3, 0.4) is 0 Å². The van der Waals surface area contributed by atoms with E-state index in [1.165, 1.54) is 24.0 Å².